The van der Waals surface area contributed by atoms with Crippen LogP contribution in [0.5, 0.6) is 5.75 Å². The van der Waals surface area contributed by atoms with Crippen molar-refractivity contribution in [2.24, 2.45) is 5.92 Å². The molecule has 1 aromatic heterocycles. The van der Waals surface area contributed by atoms with E-state index in [1.165, 1.54) is 12.1 Å². The highest BCUT2D eigenvalue weighted by Crippen LogP contribution is 2.50. The molecule has 0 spiro atoms. The molecule has 1 fully saturated rings. The number of thioether (sulfide) groups is 1. The fourth-order valence-corrected chi connectivity index (χ4v) is 8.76. The minimum Gasteiger partial charge on any atom is -0.460 e. The average Bonchev–Trinajstić information content (AvgIpc) is 3.44. The van der Waals surface area contributed by atoms with Gasteiger partial charge < -0.3 is 28.2 Å². The predicted molar refractivity (Wildman–Crippen MR) is 228 cm³/mol. The van der Waals surface area contributed by atoms with Crippen LogP contribution in [0.15, 0.2) is 77.7 Å². The summed E-state index contributed by atoms with van der Waals surface area (Å²) in [5.41, 5.74) is -3.52. The molecule has 2 heterocycles. The lowest BCUT2D eigenvalue weighted by Crippen LogP contribution is -2.45. The van der Waals surface area contributed by atoms with Crippen molar-refractivity contribution in [2.45, 2.75) is 129 Å². The number of amides is 2. The number of anilines is 1. The van der Waals surface area contributed by atoms with Crippen LogP contribution in [-0.2, 0) is 44.2 Å². The third-order valence-electron chi connectivity index (χ3n) is 8.18. The summed E-state index contributed by atoms with van der Waals surface area (Å²) in [6.45, 7) is 16.9. The standard InChI is InChI=1S/C42H56FN4O13PS/c1-26(2)32(35(48)54-24-27-18-14-12-15-19-27)45-61(53,60-28-20-16-13-17-21-28)55-25-29-33(56-39(52)59-42(9,10)11)31(43)34(62-29)46-23-22-30(44-36(46)49)47(37(50)57-40(3,4)5)38(51)58-41(6,7)8/h12-23,26,29,31-34H,24-25H2,1-11H3,(H,45,53)/t29-,31+,32+,33-,34?,61?/m1/s1. The van der Waals surface area contributed by atoms with Crippen molar-refractivity contribution in [3.05, 3.63) is 89.0 Å². The molecule has 20 heteroatoms. The van der Waals surface area contributed by atoms with E-state index >= 15 is 4.39 Å². The summed E-state index contributed by atoms with van der Waals surface area (Å²) < 4.78 is 71.2. The van der Waals surface area contributed by atoms with Crippen LogP contribution in [0.25, 0.3) is 0 Å². The number of aromatic nitrogens is 2. The van der Waals surface area contributed by atoms with Gasteiger partial charge in [-0.05, 0) is 92.0 Å². The lowest BCUT2D eigenvalue weighted by atomic mass is 10.1. The Hall–Kier alpha value is -4.97. The zero-order valence-corrected chi connectivity index (χ0v) is 38.4. The molecule has 0 aliphatic carbocycles. The molecule has 2 aromatic carbocycles. The lowest BCUT2D eigenvalue weighted by Gasteiger charge is -2.28. The van der Waals surface area contributed by atoms with Gasteiger partial charge in [0.15, 0.2) is 18.1 Å². The third kappa shape index (κ3) is 14.8. The van der Waals surface area contributed by atoms with Crippen LogP contribution in [0.2, 0.25) is 0 Å². The average molecular weight is 907 g/mol. The molecule has 2 amide bonds. The van der Waals surface area contributed by atoms with Crippen LogP contribution < -0.4 is 20.2 Å². The molecular formula is C42H56FN4O13PS. The number of nitrogens with zero attached hydrogens (tertiary/aromatic N) is 3. The van der Waals surface area contributed by atoms with Crippen molar-refractivity contribution in [3.8, 4) is 5.75 Å². The first kappa shape index (κ1) is 49.7. The molecule has 0 bridgehead atoms. The Morgan fingerprint density at radius 1 is 0.855 bits per heavy atom. The molecule has 4 rings (SSSR count). The Bertz CT molecular complexity index is 2100. The largest absolute Gasteiger partial charge is 0.509 e. The first-order chi connectivity index (χ1) is 28.7. The molecule has 1 aliphatic rings. The molecule has 3 aromatic rings. The fourth-order valence-electron chi connectivity index (χ4n) is 5.52. The molecule has 1 saturated heterocycles. The van der Waals surface area contributed by atoms with E-state index in [1.54, 1.807) is 119 Å². The molecule has 1 N–H and O–H groups in total. The Kier molecular flexibility index (Phi) is 16.4. The van der Waals surface area contributed by atoms with Gasteiger partial charge in [-0.1, -0.05) is 62.4 Å². The van der Waals surface area contributed by atoms with Crippen LogP contribution in [0.1, 0.15) is 87.1 Å². The van der Waals surface area contributed by atoms with Gasteiger partial charge in [-0.15, -0.1) is 11.8 Å². The van der Waals surface area contributed by atoms with E-state index in [9.17, 15) is 28.5 Å². The van der Waals surface area contributed by atoms with E-state index in [0.29, 0.717) is 4.90 Å². The van der Waals surface area contributed by atoms with Gasteiger partial charge in [-0.25, -0.2) is 28.1 Å². The molecule has 340 valence electrons. The second-order valence-corrected chi connectivity index (χ2v) is 20.5. The van der Waals surface area contributed by atoms with Gasteiger partial charge >= 0.3 is 37.7 Å². The number of carbonyl (C=O) groups is 4. The summed E-state index contributed by atoms with van der Waals surface area (Å²) in [7, 11) is -4.57. The topological polar surface area (TPSA) is 200 Å². The molecule has 6 atom stereocenters. The van der Waals surface area contributed by atoms with E-state index in [0.717, 1.165) is 34.2 Å². The van der Waals surface area contributed by atoms with Crippen LogP contribution in [-0.4, -0.2) is 80.8 Å². The SMILES string of the molecule is CC(C)[C@H](NP(=O)(OC[C@H]1SC(n2ccc(N(C(=O)OC(C)(C)C)C(=O)OC(C)(C)C)nc2=O)[C@@H](F)[C@@H]1OC(=O)OC(C)(C)C)Oc1ccccc1)C(=O)OCc1ccccc1. The molecule has 2 unspecified atom stereocenters. The number of rotatable bonds is 14. The van der Waals surface area contributed by atoms with Gasteiger partial charge in [0.25, 0.3) is 0 Å². The Morgan fingerprint density at radius 2 is 1.40 bits per heavy atom. The minimum atomic E-state index is -4.57. The molecule has 0 saturated carbocycles. The summed E-state index contributed by atoms with van der Waals surface area (Å²) in [6, 6.07) is 16.8. The Morgan fingerprint density at radius 3 is 1.92 bits per heavy atom. The summed E-state index contributed by atoms with van der Waals surface area (Å²) in [5, 5.41) is 0.0603. The number of ether oxygens (including phenoxy) is 5. The van der Waals surface area contributed by atoms with Gasteiger partial charge in [-0.2, -0.15) is 15.0 Å². The second kappa shape index (κ2) is 20.5. The van der Waals surface area contributed by atoms with Crippen LogP contribution in [0.3, 0.4) is 0 Å². The van der Waals surface area contributed by atoms with E-state index in [4.69, 9.17) is 32.7 Å². The highest BCUT2D eigenvalue weighted by molar-refractivity contribution is 8.00. The molecule has 1 aliphatic heterocycles. The highest BCUT2D eigenvalue weighted by atomic mass is 32.2. The number of carbonyl (C=O) groups excluding carboxylic acids is 4. The van der Waals surface area contributed by atoms with Gasteiger partial charge in [0, 0.05) is 6.20 Å². The van der Waals surface area contributed by atoms with Crippen molar-refractivity contribution in [3.63, 3.8) is 0 Å². The number of hydrogen-bond donors (Lipinski definition) is 1. The van der Waals surface area contributed by atoms with Gasteiger partial charge in [0.2, 0.25) is 0 Å². The monoisotopic (exact) mass is 906 g/mol. The van der Waals surface area contributed by atoms with Crippen LogP contribution in [0, 0.1) is 5.92 Å². The summed E-state index contributed by atoms with van der Waals surface area (Å²) in [4.78, 5) is 70.9. The number of halogens is 1. The van der Waals surface area contributed by atoms with Gasteiger partial charge in [0.1, 0.15) is 40.6 Å². The van der Waals surface area contributed by atoms with E-state index in [2.05, 4.69) is 10.1 Å². The number of esters is 1. The number of alkyl halides is 1. The number of imide groups is 1. The zero-order valence-electron chi connectivity index (χ0n) is 36.7. The molecule has 0 radical (unpaired) electrons. The maximum absolute atomic E-state index is 16.7. The Balaban J connectivity index is 1.67. The van der Waals surface area contributed by atoms with Crippen LogP contribution in [0.4, 0.5) is 24.6 Å². The first-order valence-corrected chi connectivity index (χ1v) is 22.2. The van der Waals surface area contributed by atoms with Crippen molar-refractivity contribution in [1.29, 1.82) is 0 Å². The second-order valence-electron chi connectivity index (χ2n) is 17.5. The third-order valence-corrected chi connectivity index (χ3v) is 11.2. The lowest BCUT2D eigenvalue weighted by molar-refractivity contribution is -0.148. The molecular weight excluding hydrogens is 851 g/mol. The summed E-state index contributed by atoms with van der Waals surface area (Å²) >= 11 is 0.778. The van der Waals surface area contributed by atoms with Crippen molar-refractivity contribution in [1.82, 2.24) is 14.6 Å². The van der Waals surface area contributed by atoms with E-state index in [-0.39, 0.29) is 12.4 Å². The fraction of sp³-hybridized carbons (Fsp3) is 0.524. The Labute approximate surface area is 364 Å². The first-order valence-electron chi connectivity index (χ1n) is 19.8. The summed E-state index contributed by atoms with van der Waals surface area (Å²) in [6.07, 6.45) is -6.31. The van der Waals surface area contributed by atoms with Crippen LogP contribution >= 0.6 is 19.5 Å². The predicted octanol–water partition coefficient (Wildman–Crippen LogP) is 8.75. The summed E-state index contributed by atoms with van der Waals surface area (Å²) in [5.74, 6) is -1.61. The highest BCUT2D eigenvalue weighted by Gasteiger charge is 2.51. The van der Waals surface area contributed by atoms with Gasteiger partial charge in [-0.3, -0.25) is 13.9 Å². The maximum atomic E-state index is 16.7. The molecule has 62 heavy (non-hydrogen) atoms. The molecule has 17 nitrogen and oxygen atoms in total. The van der Waals surface area contributed by atoms with Crippen molar-refractivity contribution >= 4 is 49.6 Å². The normalized spacial score (nSPS) is 19.4. The maximum Gasteiger partial charge on any atom is 0.509 e. The van der Waals surface area contributed by atoms with Crippen molar-refractivity contribution in [2.75, 3.05) is 11.5 Å². The van der Waals surface area contributed by atoms with Gasteiger partial charge in [0.05, 0.1) is 11.9 Å². The number of hydrogen-bond acceptors (Lipinski definition) is 15. The van der Waals surface area contributed by atoms with Crippen molar-refractivity contribution < 1.29 is 60.9 Å². The smallest absolute Gasteiger partial charge is 0.460 e. The zero-order chi connectivity index (χ0) is 46.2. The number of benzene rings is 2. The minimum absolute atomic E-state index is 0.0633. The number of para-hydroxylation sites is 1. The quantitative estimate of drug-likeness (QED) is 0.0913. The number of nitrogens with one attached hydrogen (secondary N) is 1. The van der Waals surface area contributed by atoms with E-state index in [1.807, 2.05) is 6.07 Å². The van der Waals surface area contributed by atoms with E-state index < -0.39 is 102 Å².